The van der Waals surface area contributed by atoms with E-state index in [0.717, 1.165) is 0 Å². The number of rotatable bonds is 6. The third-order valence-electron chi connectivity index (χ3n) is 3.41. The SMILES string of the molecule is COc1ccc(OCC(=O)NC2CCS(=O)(=O)C2)c(C(N)=O)c1. The highest BCUT2D eigenvalue weighted by atomic mass is 32.2. The van der Waals surface area contributed by atoms with Gasteiger partial charge in [-0.15, -0.1) is 0 Å². The molecule has 23 heavy (non-hydrogen) atoms. The lowest BCUT2D eigenvalue weighted by atomic mass is 10.2. The summed E-state index contributed by atoms with van der Waals surface area (Å²) in [5.74, 6) is -0.560. The van der Waals surface area contributed by atoms with Crippen molar-refractivity contribution in [1.82, 2.24) is 5.32 Å². The molecule has 1 heterocycles. The van der Waals surface area contributed by atoms with E-state index in [4.69, 9.17) is 15.2 Å². The van der Waals surface area contributed by atoms with Crippen LogP contribution in [0, 0.1) is 0 Å². The Bertz CT molecular complexity index is 716. The standard InChI is InChI=1S/C14H18N2O6S/c1-21-10-2-3-12(11(6-10)14(15)18)22-7-13(17)16-9-4-5-23(19,20)8-9/h2-3,6,9H,4-5,7-8H2,1H3,(H2,15,18)(H,16,17). The highest BCUT2D eigenvalue weighted by Crippen LogP contribution is 2.23. The van der Waals surface area contributed by atoms with Gasteiger partial charge in [-0.1, -0.05) is 0 Å². The monoisotopic (exact) mass is 342 g/mol. The van der Waals surface area contributed by atoms with Crippen LogP contribution in [-0.2, 0) is 14.6 Å². The summed E-state index contributed by atoms with van der Waals surface area (Å²) < 4.78 is 33.0. The number of sulfone groups is 1. The van der Waals surface area contributed by atoms with Gasteiger partial charge >= 0.3 is 0 Å². The fraction of sp³-hybridized carbons (Fsp3) is 0.429. The first-order valence-corrected chi connectivity index (χ1v) is 8.73. The Balaban J connectivity index is 1.95. The molecule has 1 aromatic rings. The summed E-state index contributed by atoms with van der Waals surface area (Å²) in [7, 11) is -1.62. The Hall–Kier alpha value is -2.29. The summed E-state index contributed by atoms with van der Waals surface area (Å²) >= 11 is 0. The zero-order chi connectivity index (χ0) is 17.0. The minimum Gasteiger partial charge on any atom is -0.497 e. The molecule has 8 nitrogen and oxygen atoms in total. The van der Waals surface area contributed by atoms with Gasteiger partial charge in [-0.3, -0.25) is 9.59 Å². The van der Waals surface area contributed by atoms with Crippen molar-refractivity contribution in [3.8, 4) is 11.5 Å². The largest absolute Gasteiger partial charge is 0.497 e. The van der Waals surface area contributed by atoms with Crippen molar-refractivity contribution >= 4 is 21.7 Å². The lowest BCUT2D eigenvalue weighted by Crippen LogP contribution is -2.38. The molecule has 1 aliphatic heterocycles. The van der Waals surface area contributed by atoms with Gasteiger partial charge in [0.05, 0.1) is 24.2 Å². The van der Waals surface area contributed by atoms with Gasteiger partial charge in [0, 0.05) is 6.04 Å². The summed E-state index contributed by atoms with van der Waals surface area (Å²) in [5.41, 5.74) is 5.36. The minimum atomic E-state index is -3.06. The summed E-state index contributed by atoms with van der Waals surface area (Å²) in [6.07, 6.45) is 0.392. The van der Waals surface area contributed by atoms with Crippen molar-refractivity contribution < 1.29 is 27.5 Å². The molecule has 1 aliphatic rings. The summed E-state index contributed by atoms with van der Waals surface area (Å²) in [4.78, 5) is 23.2. The predicted octanol–water partition coefficient (Wildman–Crippen LogP) is -0.524. The number of primary amides is 1. The average Bonchev–Trinajstić information content (AvgIpc) is 2.83. The highest BCUT2D eigenvalue weighted by Gasteiger charge is 2.29. The van der Waals surface area contributed by atoms with Crippen LogP contribution in [0.1, 0.15) is 16.8 Å². The van der Waals surface area contributed by atoms with Gasteiger partial charge in [0.25, 0.3) is 11.8 Å². The molecule has 1 unspecified atom stereocenters. The van der Waals surface area contributed by atoms with Crippen molar-refractivity contribution in [1.29, 1.82) is 0 Å². The van der Waals surface area contributed by atoms with E-state index in [1.807, 2.05) is 0 Å². The molecule has 0 spiro atoms. The molecule has 1 saturated heterocycles. The molecular weight excluding hydrogens is 324 g/mol. The molecule has 126 valence electrons. The van der Waals surface area contributed by atoms with Crippen LogP contribution in [0.5, 0.6) is 11.5 Å². The Morgan fingerprint density at radius 2 is 2.13 bits per heavy atom. The van der Waals surface area contributed by atoms with Crippen LogP contribution in [0.4, 0.5) is 0 Å². The smallest absolute Gasteiger partial charge is 0.258 e. The van der Waals surface area contributed by atoms with Gasteiger partial charge < -0.3 is 20.5 Å². The molecule has 0 aromatic heterocycles. The van der Waals surface area contributed by atoms with Crippen LogP contribution in [0.15, 0.2) is 18.2 Å². The van der Waals surface area contributed by atoms with E-state index in [9.17, 15) is 18.0 Å². The van der Waals surface area contributed by atoms with Gasteiger partial charge in [0.1, 0.15) is 11.5 Å². The quantitative estimate of drug-likeness (QED) is 0.716. The maximum absolute atomic E-state index is 11.8. The number of amides is 2. The second-order valence-corrected chi connectivity index (χ2v) is 7.41. The van der Waals surface area contributed by atoms with Crippen LogP contribution in [0.25, 0.3) is 0 Å². The number of carbonyl (C=O) groups is 2. The van der Waals surface area contributed by atoms with Crippen LogP contribution in [-0.4, -0.2) is 51.5 Å². The van der Waals surface area contributed by atoms with Crippen LogP contribution >= 0.6 is 0 Å². The zero-order valence-corrected chi connectivity index (χ0v) is 13.4. The molecule has 0 radical (unpaired) electrons. The average molecular weight is 342 g/mol. The first-order valence-electron chi connectivity index (χ1n) is 6.91. The van der Waals surface area contributed by atoms with E-state index in [1.165, 1.54) is 19.2 Å². The molecule has 1 aromatic carbocycles. The van der Waals surface area contributed by atoms with Gasteiger partial charge in [-0.05, 0) is 24.6 Å². The Labute approximate surface area is 133 Å². The van der Waals surface area contributed by atoms with Gasteiger partial charge in [0.15, 0.2) is 16.4 Å². The van der Waals surface area contributed by atoms with Crippen LogP contribution in [0.2, 0.25) is 0 Å². The summed E-state index contributed by atoms with van der Waals surface area (Å²) in [6, 6.07) is 4.07. The van der Waals surface area contributed by atoms with Crippen molar-refractivity contribution in [3.63, 3.8) is 0 Å². The molecule has 2 rings (SSSR count). The number of hydrogen-bond donors (Lipinski definition) is 2. The van der Waals surface area contributed by atoms with Gasteiger partial charge in [-0.25, -0.2) is 8.42 Å². The van der Waals surface area contributed by atoms with E-state index in [1.54, 1.807) is 6.07 Å². The Morgan fingerprint density at radius 3 is 2.70 bits per heavy atom. The Morgan fingerprint density at radius 1 is 1.39 bits per heavy atom. The van der Waals surface area contributed by atoms with E-state index < -0.39 is 27.7 Å². The highest BCUT2D eigenvalue weighted by molar-refractivity contribution is 7.91. The maximum atomic E-state index is 11.8. The summed E-state index contributed by atoms with van der Waals surface area (Å²) in [6.45, 7) is -0.344. The third kappa shape index (κ3) is 4.59. The molecule has 0 aliphatic carbocycles. The van der Waals surface area contributed by atoms with Gasteiger partial charge in [-0.2, -0.15) is 0 Å². The molecule has 2 amide bonds. The topological polar surface area (TPSA) is 125 Å². The number of methoxy groups -OCH3 is 1. The molecule has 3 N–H and O–H groups in total. The first-order chi connectivity index (χ1) is 10.8. The number of ether oxygens (including phenoxy) is 2. The van der Waals surface area contributed by atoms with E-state index in [2.05, 4.69) is 5.32 Å². The van der Waals surface area contributed by atoms with Crippen molar-refractivity contribution in [2.45, 2.75) is 12.5 Å². The van der Waals surface area contributed by atoms with Crippen LogP contribution in [0.3, 0.4) is 0 Å². The Kier molecular flexibility index (Phi) is 5.09. The number of nitrogens with one attached hydrogen (secondary N) is 1. The molecule has 1 atom stereocenters. The van der Waals surface area contributed by atoms with Gasteiger partial charge in [0.2, 0.25) is 0 Å². The minimum absolute atomic E-state index is 0.0617. The number of benzene rings is 1. The fourth-order valence-electron chi connectivity index (χ4n) is 2.28. The number of carbonyl (C=O) groups excluding carboxylic acids is 2. The van der Waals surface area contributed by atoms with Crippen molar-refractivity contribution in [2.24, 2.45) is 5.73 Å². The number of nitrogens with two attached hydrogens (primary N) is 1. The predicted molar refractivity (Wildman–Crippen MR) is 82.2 cm³/mol. The normalized spacial score (nSPS) is 19.1. The molecule has 0 bridgehead atoms. The molecule has 1 fully saturated rings. The van der Waals surface area contributed by atoms with E-state index >= 15 is 0 Å². The van der Waals surface area contributed by atoms with Crippen molar-refractivity contribution in [2.75, 3.05) is 25.2 Å². The molecule has 0 saturated carbocycles. The lowest BCUT2D eigenvalue weighted by molar-refractivity contribution is -0.123. The number of hydrogen-bond acceptors (Lipinski definition) is 6. The van der Waals surface area contributed by atoms with Crippen molar-refractivity contribution in [3.05, 3.63) is 23.8 Å². The first kappa shape index (κ1) is 17.1. The maximum Gasteiger partial charge on any atom is 0.258 e. The molecular formula is C14H18N2O6S. The third-order valence-corrected chi connectivity index (χ3v) is 5.18. The lowest BCUT2D eigenvalue weighted by Gasteiger charge is -2.13. The van der Waals surface area contributed by atoms with E-state index in [-0.39, 0.29) is 29.4 Å². The van der Waals surface area contributed by atoms with Crippen LogP contribution < -0.4 is 20.5 Å². The molecule has 9 heteroatoms. The summed E-state index contributed by atoms with van der Waals surface area (Å²) in [5, 5.41) is 2.59. The second kappa shape index (κ2) is 6.86. The fourth-order valence-corrected chi connectivity index (χ4v) is 3.95. The van der Waals surface area contributed by atoms with E-state index in [0.29, 0.717) is 12.2 Å². The zero-order valence-electron chi connectivity index (χ0n) is 12.6. The second-order valence-electron chi connectivity index (χ2n) is 5.18.